The van der Waals surface area contributed by atoms with Gasteiger partial charge in [-0.15, -0.1) is 0 Å². The molecule has 1 amide bonds. The van der Waals surface area contributed by atoms with E-state index < -0.39 is 18.5 Å². The Balaban J connectivity index is 2.12. The fourth-order valence-corrected chi connectivity index (χ4v) is 2.82. The highest BCUT2D eigenvalue weighted by Gasteiger charge is 2.21. The lowest BCUT2D eigenvalue weighted by Gasteiger charge is -2.16. The van der Waals surface area contributed by atoms with Gasteiger partial charge in [0.1, 0.15) is 17.1 Å². The van der Waals surface area contributed by atoms with E-state index in [1.54, 1.807) is 23.0 Å². The molecule has 0 unspecified atom stereocenters. The van der Waals surface area contributed by atoms with Crippen molar-refractivity contribution in [2.24, 2.45) is 0 Å². The van der Waals surface area contributed by atoms with Crippen LogP contribution in [0.3, 0.4) is 0 Å². The first-order chi connectivity index (χ1) is 13.1. The molecule has 0 bridgehead atoms. The van der Waals surface area contributed by atoms with E-state index in [4.69, 9.17) is 4.74 Å². The molecule has 7 nitrogen and oxygen atoms in total. The SMILES string of the molecule is CC(C)c1cc(C(=O)OCC(=O)Nc2ccnn2C(C)C)c(O)c(C(C)C)c1. The van der Waals surface area contributed by atoms with Crippen molar-refractivity contribution in [1.29, 1.82) is 0 Å². The molecule has 1 heterocycles. The number of nitrogens with one attached hydrogen (secondary N) is 1. The highest BCUT2D eigenvalue weighted by atomic mass is 16.5. The van der Waals surface area contributed by atoms with Crippen molar-refractivity contribution in [3.8, 4) is 5.75 Å². The molecular formula is C21H29N3O4. The zero-order valence-electron chi connectivity index (χ0n) is 17.3. The van der Waals surface area contributed by atoms with Crippen LogP contribution in [-0.2, 0) is 9.53 Å². The lowest BCUT2D eigenvalue weighted by molar-refractivity contribution is -0.119. The summed E-state index contributed by atoms with van der Waals surface area (Å²) in [5.41, 5.74) is 1.69. The van der Waals surface area contributed by atoms with Crippen LogP contribution in [0.15, 0.2) is 24.4 Å². The van der Waals surface area contributed by atoms with Crippen LogP contribution < -0.4 is 5.32 Å². The van der Waals surface area contributed by atoms with Gasteiger partial charge in [0, 0.05) is 12.1 Å². The third-order valence-electron chi connectivity index (χ3n) is 4.43. The van der Waals surface area contributed by atoms with Crippen molar-refractivity contribution in [3.63, 3.8) is 0 Å². The van der Waals surface area contributed by atoms with Crippen LogP contribution in [0.2, 0.25) is 0 Å². The van der Waals surface area contributed by atoms with Gasteiger partial charge in [0.2, 0.25) is 0 Å². The average Bonchev–Trinajstić information content (AvgIpc) is 3.07. The van der Waals surface area contributed by atoms with E-state index in [2.05, 4.69) is 10.4 Å². The maximum atomic E-state index is 12.5. The molecule has 0 aliphatic heterocycles. The minimum Gasteiger partial charge on any atom is -0.507 e. The van der Waals surface area contributed by atoms with Crippen molar-refractivity contribution in [3.05, 3.63) is 41.1 Å². The fourth-order valence-electron chi connectivity index (χ4n) is 2.82. The Kier molecular flexibility index (Phi) is 6.83. The molecule has 2 rings (SSSR count). The predicted molar refractivity (Wildman–Crippen MR) is 108 cm³/mol. The molecule has 2 aromatic rings. The van der Waals surface area contributed by atoms with Crippen LogP contribution in [0.25, 0.3) is 0 Å². The van der Waals surface area contributed by atoms with Crippen LogP contribution in [0, 0.1) is 0 Å². The average molecular weight is 387 g/mol. The second-order valence-electron chi connectivity index (χ2n) is 7.69. The molecule has 2 N–H and O–H groups in total. The maximum Gasteiger partial charge on any atom is 0.342 e. The topological polar surface area (TPSA) is 93.5 Å². The molecule has 28 heavy (non-hydrogen) atoms. The lowest BCUT2D eigenvalue weighted by Crippen LogP contribution is -2.23. The normalized spacial score (nSPS) is 11.3. The Bertz CT molecular complexity index is 853. The molecular weight excluding hydrogens is 358 g/mol. The van der Waals surface area contributed by atoms with Gasteiger partial charge < -0.3 is 15.2 Å². The van der Waals surface area contributed by atoms with Crippen molar-refractivity contribution in [2.45, 2.75) is 59.4 Å². The zero-order chi connectivity index (χ0) is 21.0. The second-order valence-corrected chi connectivity index (χ2v) is 7.69. The van der Waals surface area contributed by atoms with E-state index in [-0.39, 0.29) is 29.2 Å². The van der Waals surface area contributed by atoms with Gasteiger partial charge in [0.15, 0.2) is 6.61 Å². The summed E-state index contributed by atoms with van der Waals surface area (Å²) in [5, 5.41) is 17.3. The van der Waals surface area contributed by atoms with Crippen LogP contribution in [0.4, 0.5) is 5.82 Å². The molecule has 152 valence electrons. The highest BCUT2D eigenvalue weighted by Crippen LogP contribution is 2.33. The van der Waals surface area contributed by atoms with Crippen LogP contribution >= 0.6 is 0 Å². The molecule has 1 aromatic heterocycles. The molecule has 0 atom stereocenters. The number of hydrogen-bond donors (Lipinski definition) is 2. The summed E-state index contributed by atoms with van der Waals surface area (Å²) in [5.74, 6) is -0.534. The molecule has 0 fully saturated rings. The number of aromatic nitrogens is 2. The number of amides is 1. The van der Waals surface area contributed by atoms with Gasteiger partial charge in [-0.25, -0.2) is 9.48 Å². The van der Waals surface area contributed by atoms with E-state index in [9.17, 15) is 14.7 Å². The number of anilines is 1. The number of ether oxygens (including phenoxy) is 1. The number of phenols is 1. The molecule has 0 saturated carbocycles. The number of aromatic hydroxyl groups is 1. The van der Waals surface area contributed by atoms with Gasteiger partial charge in [-0.2, -0.15) is 5.10 Å². The lowest BCUT2D eigenvalue weighted by atomic mass is 9.92. The van der Waals surface area contributed by atoms with Gasteiger partial charge in [-0.3, -0.25) is 4.79 Å². The van der Waals surface area contributed by atoms with Gasteiger partial charge in [0.05, 0.1) is 6.20 Å². The Labute approximate surface area is 165 Å². The molecule has 0 saturated heterocycles. The van der Waals surface area contributed by atoms with E-state index in [1.165, 1.54) is 0 Å². The first-order valence-electron chi connectivity index (χ1n) is 9.49. The summed E-state index contributed by atoms with van der Waals surface area (Å²) in [6.45, 7) is 11.3. The smallest absolute Gasteiger partial charge is 0.342 e. The number of nitrogens with zero attached hydrogens (tertiary/aromatic N) is 2. The Morgan fingerprint density at radius 1 is 1.14 bits per heavy atom. The predicted octanol–water partition coefficient (Wildman–Crippen LogP) is 4.21. The number of rotatable bonds is 7. The summed E-state index contributed by atoms with van der Waals surface area (Å²) in [6, 6.07) is 5.28. The standard InChI is InChI=1S/C21H29N3O4/c1-12(2)15-9-16(13(3)4)20(26)17(10-15)21(27)28-11-19(25)23-18-7-8-22-24(18)14(5)6/h7-10,12-14,26H,11H2,1-6H3,(H,23,25). The van der Waals surface area contributed by atoms with Crippen molar-refractivity contribution in [1.82, 2.24) is 9.78 Å². The third kappa shape index (κ3) is 4.91. The van der Waals surface area contributed by atoms with Crippen LogP contribution in [-0.4, -0.2) is 33.4 Å². The van der Waals surface area contributed by atoms with E-state index >= 15 is 0 Å². The number of benzene rings is 1. The fraction of sp³-hybridized carbons (Fsp3) is 0.476. The number of carbonyl (C=O) groups excluding carboxylic acids is 2. The molecule has 0 radical (unpaired) electrons. The van der Waals surface area contributed by atoms with Crippen LogP contribution in [0.5, 0.6) is 5.75 Å². The maximum absolute atomic E-state index is 12.5. The Hall–Kier alpha value is -2.83. The molecule has 0 aliphatic carbocycles. The van der Waals surface area contributed by atoms with Crippen molar-refractivity contribution < 1.29 is 19.4 Å². The summed E-state index contributed by atoms with van der Waals surface area (Å²) in [7, 11) is 0. The number of hydrogen-bond acceptors (Lipinski definition) is 5. The van der Waals surface area contributed by atoms with Gasteiger partial charge in [-0.1, -0.05) is 33.8 Å². The summed E-state index contributed by atoms with van der Waals surface area (Å²) in [6.07, 6.45) is 1.59. The molecule has 7 heteroatoms. The van der Waals surface area contributed by atoms with Crippen molar-refractivity contribution >= 4 is 17.7 Å². The number of esters is 1. The van der Waals surface area contributed by atoms with Crippen molar-refractivity contribution in [2.75, 3.05) is 11.9 Å². The monoisotopic (exact) mass is 387 g/mol. The summed E-state index contributed by atoms with van der Waals surface area (Å²) in [4.78, 5) is 24.7. The van der Waals surface area contributed by atoms with Crippen LogP contribution in [0.1, 0.15) is 80.9 Å². The largest absolute Gasteiger partial charge is 0.507 e. The van der Waals surface area contributed by atoms with Gasteiger partial charge in [0.25, 0.3) is 5.91 Å². The first kappa shape index (κ1) is 21.5. The van der Waals surface area contributed by atoms with E-state index in [0.717, 1.165) is 5.56 Å². The quantitative estimate of drug-likeness (QED) is 0.694. The Morgan fingerprint density at radius 2 is 1.82 bits per heavy atom. The minimum atomic E-state index is -0.727. The van der Waals surface area contributed by atoms with E-state index in [1.807, 2.05) is 47.6 Å². The molecule has 0 aliphatic rings. The minimum absolute atomic E-state index is 0.0462. The molecule has 1 aromatic carbocycles. The highest BCUT2D eigenvalue weighted by molar-refractivity contribution is 5.97. The number of phenolic OH excluding ortho intramolecular Hbond substituents is 1. The second kappa shape index (κ2) is 8.91. The van der Waals surface area contributed by atoms with Gasteiger partial charge >= 0.3 is 5.97 Å². The van der Waals surface area contributed by atoms with Gasteiger partial charge in [-0.05, 0) is 42.9 Å². The summed E-state index contributed by atoms with van der Waals surface area (Å²) < 4.78 is 6.81. The zero-order valence-corrected chi connectivity index (χ0v) is 17.3. The summed E-state index contributed by atoms with van der Waals surface area (Å²) >= 11 is 0. The Morgan fingerprint density at radius 3 is 2.39 bits per heavy atom. The van der Waals surface area contributed by atoms with E-state index in [0.29, 0.717) is 11.4 Å². The number of carbonyl (C=O) groups is 2. The first-order valence-corrected chi connectivity index (χ1v) is 9.49. The third-order valence-corrected chi connectivity index (χ3v) is 4.43. The molecule has 0 spiro atoms.